The molecular formula is C10H9ClF2N4. The van der Waals surface area contributed by atoms with Crippen LogP contribution in [0.1, 0.15) is 17.9 Å². The van der Waals surface area contributed by atoms with Gasteiger partial charge in [-0.2, -0.15) is 5.10 Å². The Bertz CT molecular complexity index is 553. The number of hydrogen-bond acceptors (Lipinski definition) is 3. The van der Waals surface area contributed by atoms with Gasteiger partial charge in [-0.25, -0.2) is 23.4 Å². The number of hydrogen-bond donors (Lipinski definition) is 0. The van der Waals surface area contributed by atoms with Gasteiger partial charge in [-0.05, 0) is 19.1 Å². The zero-order valence-electron chi connectivity index (χ0n) is 9.15. The van der Waals surface area contributed by atoms with Crippen LogP contribution in [0, 0.1) is 6.92 Å². The number of pyridine rings is 1. The highest BCUT2D eigenvalue weighted by atomic mass is 35.5. The molecule has 0 radical (unpaired) electrons. The molecular weight excluding hydrogens is 250 g/mol. The maximum absolute atomic E-state index is 12.6. The Labute approximate surface area is 101 Å². The maximum atomic E-state index is 12.6. The van der Waals surface area contributed by atoms with Gasteiger partial charge in [0.1, 0.15) is 5.15 Å². The molecule has 0 atom stereocenters. The van der Waals surface area contributed by atoms with Gasteiger partial charge in [-0.3, -0.25) is 0 Å². The van der Waals surface area contributed by atoms with Crippen molar-refractivity contribution >= 4 is 11.6 Å². The normalized spacial score (nSPS) is 11.2. The molecule has 0 aliphatic heterocycles. The number of aryl methyl sites for hydroxylation is 2. The highest BCUT2D eigenvalue weighted by Gasteiger charge is 2.18. The first-order valence-corrected chi connectivity index (χ1v) is 5.19. The summed E-state index contributed by atoms with van der Waals surface area (Å²) < 4.78 is 26.2. The number of rotatable bonds is 2. The minimum Gasteiger partial charge on any atom is -0.247 e. The van der Waals surface area contributed by atoms with Gasteiger partial charge in [0, 0.05) is 12.6 Å². The second kappa shape index (κ2) is 4.37. The minimum atomic E-state index is -2.65. The lowest BCUT2D eigenvalue weighted by molar-refractivity contribution is 0.135. The van der Waals surface area contributed by atoms with Crippen molar-refractivity contribution in [2.45, 2.75) is 13.3 Å². The number of aromatic nitrogens is 4. The van der Waals surface area contributed by atoms with Crippen molar-refractivity contribution < 1.29 is 8.78 Å². The van der Waals surface area contributed by atoms with E-state index in [1.54, 1.807) is 19.1 Å². The summed E-state index contributed by atoms with van der Waals surface area (Å²) >= 11 is 5.71. The Balaban J connectivity index is 2.50. The van der Waals surface area contributed by atoms with Crippen molar-refractivity contribution in [2.24, 2.45) is 7.05 Å². The van der Waals surface area contributed by atoms with Crippen molar-refractivity contribution in [1.82, 2.24) is 19.7 Å². The average Bonchev–Trinajstić information content (AvgIpc) is 2.60. The van der Waals surface area contributed by atoms with E-state index >= 15 is 0 Å². The van der Waals surface area contributed by atoms with Gasteiger partial charge in [-0.1, -0.05) is 11.6 Å². The molecule has 0 aromatic carbocycles. The smallest absolute Gasteiger partial charge is 0.247 e. The lowest BCUT2D eigenvalue weighted by Gasteiger charge is -1.99. The van der Waals surface area contributed by atoms with Gasteiger partial charge in [0.25, 0.3) is 6.43 Å². The molecule has 2 rings (SSSR count). The topological polar surface area (TPSA) is 43.6 Å². The summed E-state index contributed by atoms with van der Waals surface area (Å²) in [6, 6.07) is 3.23. The fourth-order valence-corrected chi connectivity index (χ4v) is 1.66. The van der Waals surface area contributed by atoms with Gasteiger partial charge in [0.15, 0.2) is 11.6 Å². The Morgan fingerprint density at radius 1 is 1.29 bits per heavy atom. The van der Waals surface area contributed by atoms with Crippen molar-refractivity contribution in [1.29, 1.82) is 0 Å². The molecule has 0 N–H and O–H groups in total. The summed E-state index contributed by atoms with van der Waals surface area (Å²) in [5, 5.41) is 4.28. The monoisotopic (exact) mass is 258 g/mol. The maximum Gasteiger partial charge on any atom is 0.297 e. The molecule has 2 aromatic heterocycles. The van der Waals surface area contributed by atoms with Crippen LogP contribution >= 0.6 is 11.6 Å². The molecule has 0 bridgehead atoms. The first-order chi connectivity index (χ1) is 7.99. The zero-order valence-corrected chi connectivity index (χ0v) is 9.91. The SMILES string of the molecule is Cc1nc(Cl)ccc1-c1nc(C(F)F)n(C)n1. The van der Waals surface area contributed by atoms with E-state index < -0.39 is 6.43 Å². The number of nitrogens with zero attached hydrogens (tertiary/aromatic N) is 4. The van der Waals surface area contributed by atoms with E-state index in [0.717, 1.165) is 4.68 Å². The molecule has 0 amide bonds. The number of halogens is 3. The molecule has 90 valence electrons. The molecule has 0 aliphatic carbocycles. The molecule has 17 heavy (non-hydrogen) atoms. The van der Waals surface area contributed by atoms with Crippen LogP contribution < -0.4 is 0 Å². The first kappa shape index (κ1) is 11.9. The van der Waals surface area contributed by atoms with Gasteiger partial charge < -0.3 is 0 Å². The van der Waals surface area contributed by atoms with Crippen LogP contribution in [0.25, 0.3) is 11.4 Å². The molecule has 2 aromatic rings. The summed E-state index contributed by atoms with van der Waals surface area (Å²) in [6.07, 6.45) is -2.65. The Hall–Kier alpha value is -1.56. The largest absolute Gasteiger partial charge is 0.297 e. The fourth-order valence-electron chi connectivity index (χ4n) is 1.47. The van der Waals surface area contributed by atoms with E-state index in [-0.39, 0.29) is 11.6 Å². The third-order valence-electron chi connectivity index (χ3n) is 2.28. The predicted molar refractivity (Wildman–Crippen MR) is 58.9 cm³/mol. The third kappa shape index (κ3) is 2.26. The van der Waals surface area contributed by atoms with E-state index in [2.05, 4.69) is 15.1 Å². The predicted octanol–water partition coefficient (Wildman–Crippen LogP) is 2.78. The van der Waals surface area contributed by atoms with Crippen LogP contribution in [0.3, 0.4) is 0 Å². The van der Waals surface area contributed by atoms with Crippen molar-refractivity contribution in [3.8, 4) is 11.4 Å². The van der Waals surface area contributed by atoms with Crippen LogP contribution in [0.2, 0.25) is 5.15 Å². The Morgan fingerprint density at radius 2 is 2.00 bits per heavy atom. The van der Waals surface area contributed by atoms with Gasteiger partial charge in [0.2, 0.25) is 0 Å². The van der Waals surface area contributed by atoms with Crippen LogP contribution in [-0.4, -0.2) is 19.7 Å². The molecule has 2 heterocycles. The van der Waals surface area contributed by atoms with E-state index in [1.165, 1.54) is 7.05 Å². The van der Waals surface area contributed by atoms with Crippen LogP contribution in [-0.2, 0) is 7.05 Å². The zero-order chi connectivity index (χ0) is 12.6. The summed E-state index contributed by atoms with van der Waals surface area (Å²) in [6.45, 7) is 1.72. The second-order valence-electron chi connectivity index (χ2n) is 3.48. The molecule has 0 fully saturated rings. The highest BCUT2D eigenvalue weighted by molar-refractivity contribution is 6.29. The van der Waals surface area contributed by atoms with E-state index in [9.17, 15) is 8.78 Å². The van der Waals surface area contributed by atoms with Crippen molar-refractivity contribution in [2.75, 3.05) is 0 Å². The van der Waals surface area contributed by atoms with Gasteiger partial charge in [-0.15, -0.1) is 0 Å². The van der Waals surface area contributed by atoms with E-state index in [0.29, 0.717) is 16.4 Å². The van der Waals surface area contributed by atoms with Gasteiger partial charge >= 0.3 is 0 Å². The van der Waals surface area contributed by atoms with Crippen LogP contribution in [0.4, 0.5) is 8.78 Å². The highest BCUT2D eigenvalue weighted by Crippen LogP contribution is 2.23. The molecule has 0 spiro atoms. The van der Waals surface area contributed by atoms with E-state index in [4.69, 9.17) is 11.6 Å². The molecule has 0 aliphatic rings. The Kier molecular flexibility index (Phi) is 3.06. The lowest BCUT2D eigenvalue weighted by Crippen LogP contribution is -1.98. The first-order valence-electron chi connectivity index (χ1n) is 4.81. The average molecular weight is 259 g/mol. The fraction of sp³-hybridized carbons (Fsp3) is 0.300. The van der Waals surface area contributed by atoms with Gasteiger partial charge in [0.05, 0.1) is 5.69 Å². The van der Waals surface area contributed by atoms with Crippen LogP contribution in [0.15, 0.2) is 12.1 Å². The summed E-state index contributed by atoms with van der Waals surface area (Å²) in [5.41, 5.74) is 1.20. The molecule has 4 nitrogen and oxygen atoms in total. The van der Waals surface area contributed by atoms with Crippen molar-refractivity contribution in [3.05, 3.63) is 28.8 Å². The molecule has 0 unspecified atom stereocenters. The van der Waals surface area contributed by atoms with E-state index in [1.807, 2.05) is 0 Å². The molecule has 7 heteroatoms. The summed E-state index contributed by atoms with van der Waals surface area (Å²) in [7, 11) is 1.43. The summed E-state index contributed by atoms with van der Waals surface area (Å²) in [4.78, 5) is 7.81. The second-order valence-corrected chi connectivity index (χ2v) is 3.87. The minimum absolute atomic E-state index is 0.226. The quantitative estimate of drug-likeness (QED) is 0.778. The lowest BCUT2D eigenvalue weighted by atomic mass is 10.2. The molecule has 0 saturated carbocycles. The van der Waals surface area contributed by atoms with Crippen LogP contribution in [0.5, 0.6) is 0 Å². The Morgan fingerprint density at radius 3 is 2.53 bits per heavy atom. The third-order valence-corrected chi connectivity index (χ3v) is 2.50. The molecule has 0 saturated heterocycles. The summed E-state index contributed by atoms with van der Waals surface area (Å²) in [5.74, 6) is -0.140. The standard InChI is InChI=1S/C10H9ClF2N4/c1-5-6(3-4-7(11)14-5)9-15-10(8(12)13)17(2)16-9/h3-4,8H,1-2H3. The van der Waals surface area contributed by atoms with Crippen molar-refractivity contribution in [3.63, 3.8) is 0 Å². The number of alkyl halides is 2.